The van der Waals surface area contributed by atoms with E-state index < -0.39 is 5.91 Å². The fourth-order valence-electron chi connectivity index (χ4n) is 4.03. The maximum Gasteiger partial charge on any atom is 0.248 e. The summed E-state index contributed by atoms with van der Waals surface area (Å²) in [6.07, 6.45) is 1.00. The lowest BCUT2D eigenvalue weighted by Gasteiger charge is -2.23. The molecular weight excluding hydrogens is 428 g/mol. The summed E-state index contributed by atoms with van der Waals surface area (Å²) >= 11 is 0. The van der Waals surface area contributed by atoms with Crippen molar-refractivity contribution in [2.45, 2.75) is 32.2 Å². The number of likely N-dealkylation sites (N-methyl/N-ethyl adjacent to an activating group) is 1. The van der Waals surface area contributed by atoms with Crippen LogP contribution in [0.4, 0.5) is 23.5 Å². The molecule has 1 aliphatic rings. The average Bonchev–Trinajstić information content (AvgIpc) is 3.33. The Morgan fingerprint density at radius 2 is 1.94 bits per heavy atom. The molecule has 1 aromatic heterocycles. The third-order valence-electron chi connectivity index (χ3n) is 6.04. The Morgan fingerprint density at radius 1 is 1.18 bits per heavy atom. The molecule has 2 atom stereocenters. The van der Waals surface area contributed by atoms with Crippen LogP contribution in [0.15, 0.2) is 48.5 Å². The molecule has 0 spiro atoms. The van der Waals surface area contributed by atoms with E-state index in [-0.39, 0.29) is 6.04 Å². The monoisotopic (exact) mass is 460 g/mol. The zero-order valence-electron chi connectivity index (χ0n) is 19.9. The Kier molecular flexibility index (Phi) is 7.22. The third kappa shape index (κ3) is 5.79. The number of nitrogens with two attached hydrogens (primary N) is 1. The summed E-state index contributed by atoms with van der Waals surface area (Å²) in [5, 5.41) is 10.0. The van der Waals surface area contributed by atoms with Gasteiger partial charge in [-0.3, -0.25) is 4.79 Å². The number of hydrogen-bond acceptors (Lipinski definition) is 8. The highest BCUT2D eigenvalue weighted by Crippen LogP contribution is 2.24. The van der Waals surface area contributed by atoms with Crippen LogP contribution in [0.5, 0.6) is 0 Å². The summed E-state index contributed by atoms with van der Waals surface area (Å²) in [5.74, 6) is 1.30. The van der Waals surface area contributed by atoms with Gasteiger partial charge in [-0.25, -0.2) is 0 Å². The van der Waals surface area contributed by atoms with Gasteiger partial charge in [-0.1, -0.05) is 43.3 Å². The van der Waals surface area contributed by atoms with Gasteiger partial charge in [0.25, 0.3) is 0 Å². The topological polar surface area (TPSA) is 121 Å². The maximum absolute atomic E-state index is 11.7. The molecule has 1 saturated heterocycles. The summed E-state index contributed by atoms with van der Waals surface area (Å²) in [4.78, 5) is 27.7. The van der Waals surface area contributed by atoms with Gasteiger partial charge in [-0.2, -0.15) is 15.0 Å². The molecule has 0 unspecified atom stereocenters. The summed E-state index contributed by atoms with van der Waals surface area (Å²) in [7, 11) is 1.98. The third-order valence-corrected chi connectivity index (χ3v) is 6.04. The number of nitrogens with zero attached hydrogens (tertiary/aromatic N) is 4. The SMILES string of the molecule is Cc1ccc(C(N)=O)cc1Nc1nc(N[C@@H]2CCNC2)nc(N(C)C[C@@H](C)c2ccccc2)n1. The molecular formula is C25H32N8O. The van der Waals surface area contributed by atoms with E-state index in [2.05, 4.69) is 57.1 Å². The maximum atomic E-state index is 11.7. The number of benzene rings is 2. The Labute approximate surface area is 200 Å². The molecule has 0 aliphatic carbocycles. The first-order valence-electron chi connectivity index (χ1n) is 11.6. The zero-order valence-corrected chi connectivity index (χ0v) is 19.9. The van der Waals surface area contributed by atoms with E-state index in [0.29, 0.717) is 29.3 Å². The molecule has 9 nitrogen and oxygen atoms in total. The van der Waals surface area contributed by atoms with Crippen molar-refractivity contribution in [3.63, 3.8) is 0 Å². The molecule has 1 aliphatic heterocycles. The van der Waals surface area contributed by atoms with Crippen molar-refractivity contribution < 1.29 is 4.79 Å². The van der Waals surface area contributed by atoms with E-state index in [9.17, 15) is 4.79 Å². The Bertz CT molecular complexity index is 1130. The fraction of sp³-hybridized carbons (Fsp3) is 0.360. The lowest BCUT2D eigenvalue weighted by atomic mass is 10.0. The first kappa shape index (κ1) is 23.4. The van der Waals surface area contributed by atoms with Crippen LogP contribution in [-0.2, 0) is 0 Å². The van der Waals surface area contributed by atoms with E-state index in [4.69, 9.17) is 10.7 Å². The molecule has 3 aromatic rings. The van der Waals surface area contributed by atoms with Crippen LogP contribution in [-0.4, -0.2) is 53.6 Å². The minimum absolute atomic E-state index is 0.261. The predicted molar refractivity (Wildman–Crippen MR) is 136 cm³/mol. The van der Waals surface area contributed by atoms with Crippen molar-refractivity contribution in [1.29, 1.82) is 0 Å². The number of anilines is 4. The van der Waals surface area contributed by atoms with Gasteiger partial charge >= 0.3 is 0 Å². The number of carbonyl (C=O) groups is 1. The number of amides is 1. The van der Waals surface area contributed by atoms with Crippen molar-refractivity contribution >= 4 is 29.4 Å². The number of carbonyl (C=O) groups excluding carboxylic acids is 1. The van der Waals surface area contributed by atoms with Gasteiger partial charge in [0.05, 0.1) is 0 Å². The van der Waals surface area contributed by atoms with Gasteiger partial charge in [0.1, 0.15) is 0 Å². The summed E-state index contributed by atoms with van der Waals surface area (Å²) in [6, 6.07) is 15.9. The first-order chi connectivity index (χ1) is 16.4. The number of hydrogen-bond donors (Lipinski definition) is 4. The molecule has 178 valence electrons. The molecule has 1 fully saturated rings. The van der Waals surface area contributed by atoms with Crippen LogP contribution in [0.3, 0.4) is 0 Å². The van der Waals surface area contributed by atoms with Crippen LogP contribution in [0.1, 0.15) is 40.7 Å². The van der Waals surface area contributed by atoms with Gasteiger partial charge < -0.3 is 26.6 Å². The smallest absolute Gasteiger partial charge is 0.248 e. The molecule has 34 heavy (non-hydrogen) atoms. The fourth-order valence-corrected chi connectivity index (χ4v) is 4.03. The first-order valence-corrected chi connectivity index (χ1v) is 11.6. The highest BCUT2D eigenvalue weighted by Gasteiger charge is 2.19. The van der Waals surface area contributed by atoms with Crippen molar-refractivity contribution in [3.05, 3.63) is 65.2 Å². The average molecular weight is 461 g/mol. The zero-order chi connectivity index (χ0) is 24.1. The standard InChI is InChI=1S/C25H32N8O/c1-16-9-10-19(22(26)34)13-21(16)29-24-30-23(28-20-11-12-27-14-20)31-25(32-24)33(3)15-17(2)18-7-5-4-6-8-18/h4-10,13,17,20,27H,11-12,14-15H2,1-3H3,(H2,26,34)(H2,28,29,30,31,32)/t17-,20-/m1/s1. The van der Waals surface area contributed by atoms with Crippen LogP contribution < -0.4 is 26.6 Å². The second-order valence-electron chi connectivity index (χ2n) is 8.83. The van der Waals surface area contributed by atoms with Gasteiger partial charge in [0.2, 0.25) is 23.8 Å². The quantitative estimate of drug-likeness (QED) is 0.384. The molecule has 0 radical (unpaired) electrons. The van der Waals surface area contributed by atoms with Gasteiger partial charge in [0, 0.05) is 37.4 Å². The van der Waals surface area contributed by atoms with Crippen molar-refractivity contribution in [2.75, 3.05) is 42.2 Å². The van der Waals surface area contributed by atoms with E-state index >= 15 is 0 Å². The van der Waals surface area contributed by atoms with Gasteiger partial charge in [0.15, 0.2) is 0 Å². The second kappa shape index (κ2) is 10.5. The lowest BCUT2D eigenvalue weighted by Crippen LogP contribution is -2.27. The van der Waals surface area contributed by atoms with Crippen molar-refractivity contribution in [3.8, 4) is 0 Å². The molecule has 0 saturated carbocycles. The number of primary amides is 1. The minimum atomic E-state index is -0.481. The second-order valence-corrected chi connectivity index (χ2v) is 8.83. The largest absolute Gasteiger partial charge is 0.366 e. The summed E-state index contributed by atoms with van der Waals surface area (Å²) < 4.78 is 0. The molecule has 2 heterocycles. The molecule has 5 N–H and O–H groups in total. The van der Waals surface area contributed by atoms with Crippen molar-refractivity contribution in [2.24, 2.45) is 5.73 Å². The highest BCUT2D eigenvalue weighted by atomic mass is 16.1. The van der Waals surface area contributed by atoms with Crippen LogP contribution in [0.2, 0.25) is 0 Å². The van der Waals surface area contributed by atoms with E-state index in [1.807, 2.05) is 31.0 Å². The summed E-state index contributed by atoms with van der Waals surface area (Å²) in [6.45, 7) is 6.72. The molecule has 0 bridgehead atoms. The Morgan fingerprint density at radius 3 is 2.65 bits per heavy atom. The molecule has 1 amide bonds. The van der Waals surface area contributed by atoms with Gasteiger partial charge in [-0.15, -0.1) is 0 Å². The van der Waals surface area contributed by atoms with Crippen LogP contribution in [0, 0.1) is 6.92 Å². The normalized spacial score (nSPS) is 16.1. The molecule has 4 rings (SSSR count). The van der Waals surface area contributed by atoms with E-state index in [0.717, 1.165) is 37.3 Å². The molecule has 9 heteroatoms. The predicted octanol–water partition coefficient (Wildman–Crippen LogP) is 3.04. The minimum Gasteiger partial charge on any atom is -0.366 e. The van der Waals surface area contributed by atoms with E-state index in [1.165, 1.54) is 5.56 Å². The van der Waals surface area contributed by atoms with Gasteiger partial charge in [-0.05, 0) is 49.1 Å². The number of aryl methyl sites for hydroxylation is 1. The highest BCUT2D eigenvalue weighted by molar-refractivity contribution is 5.94. The number of aromatic nitrogens is 3. The lowest BCUT2D eigenvalue weighted by molar-refractivity contribution is 0.100. The van der Waals surface area contributed by atoms with Crippen LogP contribution >= 0.6 is 0 Å². The molecule has 2 aromatic carbocycles. The number of nitrogens with one attached hydrogen (secondary N) is 3. The number of rotatable bonds is 9. The Balaban J connectivity index is 1.61. The van der Waals surface area contributed by atoms with E-state index in [1.54, 1.807) is 12.1 Å². The van der Waals surface area contributed by atoms with Crippen molar-refractivity contribution in [1.82, 2.24) is 20.3 Å². The Hall–Kier alpha value is -3.72. The summed E-state index contributed by atoms with van der Waals surface area (Å²) in [5.41, 5.74) is 8.83. The van der Waals surface area contributed by atoms with Crippen LogP contribution in [0.25, 0.3) is 0 Å².